The summed E-state index contributed by atoms with van der Waals surface area (Å²) in [4.78, 5) is 12.7. The average molecular weight is 139 g/mol. The van der Waals surface area contributed by atoms with Crippen LogP contribution < -0.4 is 10.6 Å². The Bertz CT molecular complexity index is 199. The molecule has 2 rings (SSSR count). The summed E-state index contributed by atoms with van der Waals surface area (Å²) in [5.74, 6) is 0. The summed E-state index contributed by atoms with van der Waals surface area (Å²) in [7, 11) is 0. The first-order chi connectivity index (χ1) is 4.88. The number of nitrogens with zero attached hydrogens (tertiary/aromatic N) is 1. The topological polar surface area (TPSA) is 44.4 Å². The molecule has 1 fully saturated rings. The van der Waals surface area contributed by atoms with E-state index >= 15 is 0 Å². The quantitative estimate of drug-likeness (QED) is 0.488. The van der Waals surface area contributed by atoms with Crippen molar-refractivity contribution in [3.8, 4) is 0 Å². The maximum atomic E-state index is 11.0. The third kappa shape index (κ3) is 0.650. The Hall–Kier alpha value is -1.19. The standard InChI is InChI=1S/C6H9N3O/c10-6-8-2-1-5-3-7-4-9(5)6/h3,7H,1-2,4H2,(H,8,10). The van der Waals surface area contributed by atoms with Crippen molar-refractivity contribution < 1.29 is 4.79 Å². The maximum Gasteiger partial charge on any atom is 0.323 e. The number of carbonyl (C=O) groups excluding carboxylic acids is 1. The van der Waals surface area contributed by atoms with Gasteiger partial charge in [0.1, 0.15) is 0 Å². The van der Waals surface area contributed by atoms with Crippen molar-refractivity contribution in [1.82, 2.24) is 15.5 Å². The van der Waals surface area contributed by atoms with Crippen molar-refractivity contribution in [2.45, 2.75) is 6.42 Å². The lowest BCUT2D eigenvalue weighted by atomic mass is 10.3. The Morgan fingerprint density at radius 1 is 1.60 bits per heavy atom. The fraction of sp³-hybridized carbons (Fsp3) is 0.500. The van der Waals surface area contributed by atoms with E-state index < -0.39 is 0 Å². The number of amides is 2. The van der Waals surface area contributed by atoms with E-state index in [9.17, 15) is 4.79 Å². The van der Waals surface area contributed by atoms with Gasteiger partial charge in [-0.05, 0) is 0 Å². The number of hydrogen-bond acceptors (Lipinski definition) is 2. The zero-order valence-electron chi connectivity index (χ0n) is 5.55. The fourth-order valence-corrected chi connectivity index (χ4v) is 1.24. The summed E-state index contributed by atoms with van der Waals surface area (Å²) in [5.41, 5.74) is 1.10. The first-order valence-corrected chi connectivity index (χ1v) is 3.36. The highest BCUT2D eigenvalue weighted by atomic mass is 16.2. The normalized spacial score (nSPS) is 23.0. The lowest BCUT2D eigenvalue weighted by Crippen LogP contribution is -2.44. The van der Waals surface area contributed by atoms with Gasteiger partial charge in [-0.3, -0.25) is 4.90 Å². The van der Waals surface area contributed by atoms with Gasteiger partial charge in [0.25, 0.3) is 0 Å². The molecule has 2 N–H and O–H groups in total. The van der Waals surface area contributed by atoms with Gasteiger partial charge in [0, 0.05) is 24.9 Å². The zero-order chi connectivity index (χ0) is 6.97. The predicted octanol–water partition coefficient (Wildman–Crippen LogP) is -0.196. The van der Waals surface area contributed by atoms with Gasteiger partial charge in [-0.25, -0.2) is 4.79 Å². The first kappa shape index (κ1) is 5.58. The van der Waals surface area contributed by atoms with Crippen molar-refractivity contribution in [3.63, 3.8) is 0 Å². The molecular formula is C6H9N3O. The molecule has 2 amide bonds. The molecule has 0 bridgehead atoms. The molecular weight excluding hydrogens is 130 g/mol. The van der Waals surface area contributed by atoms with Gasteiger partial charge in [0.2, 0.25) is 0 Å². The third-order valence-corrected chi connectivity index (χ3v) is 1.77. The minimum Gasteiger partial charge on any atom is -0.372 e. The molecule has 4 heteroatoms. The molecule has 0 aromatic rings. The van der Waals surface area contributed by atoms with Crippen LogP contribution in [0.2, 0.25) is 0 Å². The molecule has 2 aliphatic heterocycles. The highest BCUT2D eigenvalue weighted by molar-refractivity contribution is 5.77. The van der Waals surface area contributed by atoms with Crippen molar-refractivity contribution in [2.75, 3.05) is 13.2 Å². The number of carbonyl (C=O) groups is 1. The average Bonchev–Trinajstić information content (AvgIpc) is 2.36. The van der Waals surface area contributed by atoms with Gasteiger partial charge in [-0.2, -0.15) is 0 Å². The summed E-state index contributed by atoms with van der Waals surface area (Å²) in [6, 6.07) is 0.0162. The van der Waals surface area contributed by atoms with Crippen LogP contribution in [0.5, 0.6) is 0 Å². The third-order valence-electron chi connectivity index (χ3n) is 1.77. The largest absolute Gasteiger partial charge is 0.372 e. The first-order valence-electron chi connectivity index (χ1n) is 3.36. The van der Waals surface area contributed by atoms with Crippen molar-refractivity contribution in [1.29, 1.82) is 0 Å². The van der Waals surface area contributed by atoms with Gasteiger partial charge in [0.15, 0.2) is 0 Å². The van der Waals surface area contributed by atoms with Crippen LogP contribution in [0.4, 0.5) is 4.79 Å². The van der Waals surface area contributed by atoms with E-state index in [4.69, 9.17) is 0 Å². The Morgan fingerprint density at radius 3 is 3.30 bits per heavy atom. The van der Waals surface area contributed by atoms with Crippen LogP contribution in [0, 0.1) is 0 Å². The minimum absolute atomic E-state index is 0.0162. The Morgan fingerprint density at radius 2 is 2.50 bits per heavy atom. The highest BCUT2D eigenvalue weighted by Crippen LogP contribution is 2.14. The Kier molecular flexibility index (Phi) is 1.06. The number of hydrogen-bond donors (Lipinski definition) is 2. The number of fused-ring (bicyclic) bond motifs is 1. The van der Waals surface area contributed by atoms with Crippen molar-refractivity contribution >= 4 is 6.03 Å². The molecule has 2 aliphatic rings. The lowest BCUT2D eigenvalue weighted by Gasteiger charge is -2.24. The molecule has 0 atom stereocenters. The van der Waals surface area contributed by atoms with E-state index in [1.54, 1.807) is 4.90 Å². The smallest absolute Gasteiger partial charge is 0.323 e. The second-order valence-electron chi connectivity index (χ2n) is 2.41. The van der Waals surface area contributed by atoms with Crippen LogP contribution >= 0.6 is 0 Å². The molecule has 0 spiro atoms. The summed E-state index contributed by atoms with van der Waals surface area (Å²) < 4.78 is 0. The second-order valence-corrected chi connectivity index (χ2v) is 2.41. The van der Waals surface area contributed by atoms with Gasteiger partial charge in [-0.15, -0.1) is 0 Å². The Balaban J connectivity index is 2.21. The fourth-order valence-electron chi connectivity index (χ4n) is 1.24. The SMILES string of the molecule is O=C1NCCC2=CNCN12. The number of urea groups is 1. The number of nitrogens with one attached hydrogen (secondary N) is 2. The summed E-state index contributed by atoms with van der Waals surface area (Å²) in [6.07, 6.45) is 2.84. The number of rotatable bonds is 0. The van der Waals surface area contributed by atoms with Gasteiger partial charge >= 0.3 is 6.03 Å². The lowest BCUT2D eigenvalue weighted by molar-refractivity contribution is 0.206. The van der Waals surface area contributed by atoms with Crippen LogP contribution in [0.1, 0.15) is 6.42 Å². The van der Waals surface area contributed by atoms with Crippen LogP contribution in [-0.4, -0.2) is 24.1 Å². The summed E-state index contributed by atoms with van der Waals surface area (Å²) >= 11 is 0. The van der Waals surface area contributed by atoms with Gasteiger partial charge in [-0.1, -0.05) is 0 Å². The van der Waals surface area contributed by atoms with Gasteiger partial charge in [0.05, 0.1) is 6.67 Å². The van der Waals surface area contributed by atoms with Crippen LogP contribution in [0.3, 0.4) is 0 Å². The van der Waals surface area contributed by atoms with Gasteiger partial charge < -0.3 is 10.6 Å². The monoisotopic (exact) mass is 139 g/mol. The van der Waals surface area contributed by atoms with Crippen LogP contribution in [-0.2, 0) is 0 Å². The van der Waals surface area contributed by atoms with Crippen molar-refractivity contribution in [3.05, 3.63) is 11.9 Å². The molecule has 2 heterocycles. The van der Waals surface area contributed by atoms with Crippen molar-refractivity contribution in [2.24, 2.45) is 0 Å². The second kappa shape index (κ2) is 1.90. The van der Waals surface area contributed by atoms with E-state index in [1.165, 1.54) is 0 Å². The molecule has 0 aromatic heterocycles. The maximum absolute atomic E-state index is 11.0. The summed E-state index contributed by atoms with van der Waals surface area (Å²) in [5, 5.41) is 5.76. The van der Waals surface area contributed by atoms with E-state index in [0.29, 0.717) is 6.67 Å². The van der Waals surface area contributed by atoms with E-state index in [0.717, 1.165) is 18.7 Å². The highest BCUT2D eigenvalue weighted by Gasteiger charge is 2.24. The van der Waals surface area contributed by atoms with Crippen LogP contribution in [0.25, 0.3) is 0 Å². The Labute approximate surface area is 58.9 Å². The minimum atomic E-state index is 0.0162. The molecule has 0 radical (unpaired) electrons. The zero-order valence-corrected chi connectivity index (χ0v) is 5.55. The van der Waals surface area contributed by atoms with E-state index in [-0.39, 0.29) is 6.03 Å². The molecule has 0 aromatic carbocycles. The predicted molar refractivity (Wildman–Crippen MR) is 35.9 cm³/mol. The molecule has 0 aliphatic carbocycles. The van der Waals surface area contributed by atoms with E-state index in [1.807, 2.05) is 6.20 Å². The van der Waals surface area contributed by atoms with Crippen LogP contribution in [0.15, 0.2) is 11.9 Å². The molecule has 1 saturated heterocycles. The molecule has 10 heavy (non-hydrogen) atoms. The molecule has 0 unspecified atom stereocenters. The molecule has 4 nitrogen and oxygen atoms in total. The molecule has 54 valence electrons. The van der Waals surface area contributed by atoms with E-state index in [2.05, 4.69) is 10.6 Å². The molecule has 0 saturated carbocycles. The summed E-state index contributed by atoms with van der Waals surface area (Å²) in [6.45, 7) is 1.39.